The number of fused-ring (bicyclic) bond motifs is 2. The van der Waals surface area contributed by atoms with Crippen LogP contribution in [0.4, 0.5) is 0 Å². The maximum Gasteiger partial charge on any atom is 0.330 e. The molecule has 1 aliphatic rings. The molecular weight excluding hydrogens is 348 g/mol. The van der Waals surface area contributed by atoms with Crippen LogP contribution < -0.4 is 5.32 Å². The number of ether oxygens (including phenoxy) is 1. The van der Waals surface area contributed by atoms with E-state index in [4.69, 9.17) is 0 Å². The first-order valence-corrected chi connectivity index (χ1v) is 9.82. The van der Waals surface area contributed by atoms with E-state index in [0.717, 1.165) is 31.5 Å². The molecule has 0 bridgehead atoms. The number of carbonyl (C=O) groups is 1. The number of carbonyl (C=O) groups excluding carboxylic acids is 1. The second-order valence-electron chi connectivity index (χ2n) is 7.38. The number of aryl methyl sites for hydroxylation is 2. The topological polar surface area (TPSA) is 43.3 Å². The number of hydrogen-bond donors (Lipinski definition) is 1. The number of hydrogen-bond acceptors (Lipinski definition) is 3. The Morgan fingerprint density at radius 2 is 2.14 bits per heavy atom. The van der Waals surface area contributed by atoms with Gasteiger partial charge in [-0.1, -0.05) is 36.4 Å². The van der Waals surface area contributed by atoms with E-state index in [0.29, 0.717) is 6.04 Å². The molecule has 0 fully saturated rings. The van der Waals surface area contributed by atoms with E-state index in [-0.39, 0.29) is 5.97 Å². The van der Waals surface area contributed by atoms with E-state index >= 15 is 0 Å². The van der Waals surface area contributed by atoms with Gasteiger partial charge in [0, 0.05) is 42.3 Å². The zero-order valence-electron chi connectivity index (χ0n) is 16.4. The summed E-state index contributed by atoms with van der Waals surface area (Å²) in [5.41, 5.74) is 6.42. The summed E-state index contributed by atoms with van der Waals surface area (Å²) in [7, 11) is 1.39. The van der Waals surface area contributed by atoms with Gasteiger partial charge in [0.15, 0.2) is 0 Å². The first kappa shape index (κ1) is 18.5. The van der Waals surface area contributed by atoms with E-state index in [9.17, 15) is 4.79 Å². The standard InChI is InChI=1S/C24H26N2O2/c1-17-16-26(23-6-4-3-5-20(17)23)14-13-25-22-11-9-19-15-18(7-10-21(19)22)8-12-24(27)28-2/h3-8,10,12,15-16,22,25H,9,11,13-14H2,1-2H3. The second-order valence-corrected chi connectivity index (χ2v) is 7.38. The lowest BCUT2D eigenvalue weighted by atomic mass is 10.0. The summed E-state index contributed by atoms with van der Waals surface area (Å²) in [5, 5.41) is 5.06. The Hall–Kier alpha value is -2.85. The largest absolute Gasteiger partial charge is 0.466 e. The fourth-order valence-electron chi connectivity index (χ4n) is 4.16. The molecule has 4 heteroatoms. The van der Waals surface area contributed by atoms with Crippen LogP contribution in [0, 0.1) is 6.92 Å². The molecule has 0 saturated carbocycles. The number of rotatable bonds is 6. The van der Waals surface area contributed by atoms with Gasteiger partial charge in [0.2, 0.25) is 0 Å². The molecule has 0 spiro atoms. The van der Waals surface area contributed by atoms with Crippen molar-refractivity contribution in [2.24, 2.45) is 0 Å². The summed E-state index contributed by atoms with van der Waals surface area (Å²) < 4.78 is 6.99. The molecule has 2 aromatic carbocycles. The van der Waals surface area contributed by atoms with Crippen molar-refractivity contribution >= 4 is 22.9 Å². The van der Waals surface area contributed by atoms with Crippen molar-refractivity contribution in [1.82, 2.24) is 9.88 Å². The monoisotopic (exact) mass is 374 g/mol. The molecular formula is C24H26N2O2. The number of esters is 1. The third kappa shape index (κ3) is 3.73. The van der Waals surface area contributed by atoms with Gasteiger partial charge in [0.25, 0.3) is 0 Å². The van der Waals surface area contributed by atoms with Crippen LogP contribution in [0.15, 0.2) is 54.7 Å². The number of para-hydroxylation sites is 1. The number of aromatic nitrogens is 1. The predicted molar refractivity (Wildman–Crippen MR) is 113 cm³/mol. The average molecular weight is 374 g/mol. The van der Waals surface area contributed by atoms with E-state index in [1.165, 1.54) is 40.8 Å². The summed E-state index contributed by atoms with van der Waals surface area (Å²) >= 11 is 0. The molecule has 0 saturated heterocycles. The van der Waals surface area contributed by atoms with Crippen molar-refractivity contribution in [3.63, 3.8) is 0 Å². The van der Waals surface area contributed by atoms with Gasteiger partial charge in [-0.15, -0.1) is 0 Å². The van der Waals surface area contributed by atoms with Crippen LogP contribution >= 0.6 is 0 Å². The van der Waals surface area contributed by atoms with Gasteiger partial charge in [-0.05, 0) is 54.2 Å². The maximum atomic E-state index is 11.3. The Bertz CT molecular complexity index is 1030. The molecule has 0 amide bonds. The van der Waals surface area contributed by atoms with Gasteiger partial charge in [0.1, 0.15) is 0 Å². The minimum atomic E-state index is -0.326. The lowest BCUT2D eigenvalue weighted by molar-refractivity contribution is -0.134. The first-order chi connectivity index (χ1) is 13.7. The van der Waals surface area contributed by atoms with Crippen molar-refractivity contribution in [2.75, 3.05) is 13.7 Å². The fraction of sp³-hybridized carbons (Fsp3) is 0.292. The lowest BCUT2D eigenvalue weighted by Gasteiger charge is -2.15. The molecule has 1 unspecified atom stereocenters. The van der Waals surface area contributed by atoms with E-state index < -0.39 is 0 Å². The third-order valence-corrected chi connectivity index (χ3v) is 5.59. The molecule has 1 N–H and O–H groups in total. The van der Waals surface area contributed by atoms with Gasteiger partial charge in [-0.3, -0.25) is 0 Å². The molecule has 1 heterocycles. The first-order valence-electron chi connectivity index (χ1n) is 9.82. The van der Waals surface area contributed by atoms with Crippen LogP contribution in [0.25, 0.3) is 17.0 Å². The van der Waals surface area contributed by atoms with Crippen LogP contribution in [0.5, 0.6) is 0 Å². The smallest absolute Gasteiger partial charge is 0.330 e. The lowest BCUT2D eigenvalue weighted by Crippen LogP contribution is -2.23. The Labute approximate surface area is 165 Å². The molecule has 144 valence electrons. The molecule has 3 aromatic rings. The third-order valence-electron chi connectivity index (χ3n) is 5.59. The molecule has 28 heavy (non-hydrogen) atoms. The van der Waals surface area contributed by atoms with Crippen LogP contribution in [0.3, 0.4) is 0 Å². The van der Waals surface area contributed by atoms with Gasteiger partial charge in [-0.25, -0.2) is 4.79 Å². The zero-order chi connectivity index (χ0) is 19.5. The highest BCUT2D eigenvalue weighted by atomic mass is 16.5. The summed E-state index contributed by atoms with van der Waals surface area (Å²) in [5.74, 6) is -0.326. The van der Waals surface area contributed by atoms with Crippen molar-refractivity contribution in [1.29, 1.82) is 0 Å². The van der Waals surface area contributed by atoms with Gasteiger partial charge in [0.05, 0.1) is 7.11 Å². The number of nitrogens with zero attached hydrogens (tertiary/aromatic N) is 1. The highest BCUT2D eigenvalue weighted by Crippen LogP contribution is 2.32. The maximum absolute atomic E-state index is 11.3. The van der Waals surface area contributed by atoms with Gasteiger partial charge in [-0.2, -0.15) is 0 Å². The molecule has 1 aromatic heterocycles. The predicted octanol–water partition coefficient (Wildman–Crippen LogP) is 4.41. The summed E-state index contributed by atoms with van der Waals surface area (Å²) in [6, 6.07) is 15.4. The molecule has 1 aliphatic carbocycles. The normalized spacial score (nSPS) is 16.0. The van der Waals surface area contributed by atoms with Crippen LogP contribution in [0.1, 0.15) is 34.7 Å². The number of methoxy groups -OCH3 is 1. The molecule has 0 radical (unpaired) electrons. The molecule has 1 atom stereocenters. The Morgan fingerprint density at radius 3 is 3.00 bits per heavy atom. The minimum absolute atomic E-state index is 0.326. The summed E-state index contributed by atoms with van der Waals surface area (Å²) in [6.45, 7) is 4.07. The van der Waals surface area contributed by atoms with E-state index in [2.05, 4.69) is 70.2 Å². The SMILES string of the molecule is COC(=O)C=Cc1ccc2c(c1)CCC2NCCn1cc(C)c2ccccc21. The number of benzene rings is 2. The molecule has 4 rings (SSSR count). The van der Waals surface area contributed by atoms with Crippen LogP contribution in [-0.2, 0) is 22.5 Å². The molecule has 4 nitrogen and oxygen atoms in total. The molecule has 0 aliphatic heterocycles. The van der Waals surface area contributed by atoms with Crippen LogP contribution in [0.2, 0.25) is 0 Å². The van der Waals surface area contributed by atoms with E-state index in [1.807, 2.05) is 6.08 Å². The summed E-state index contributed by atoms with van der Waals surface area (Å²) in [4.78, 5) is 11.3. The van der Waals surface area contributed by atoms with Gasteiger partial charge >= 0.3 is 5.97 Å². The number of nitrogens with one attached hydrogen (secondary N) is 1. The Balaban J connectivity index is 1.40. The fourth-order valence-corrected chi connectivity index (χ4v) is 4.16. The average Bonchev–Trinajstić information content (AvgIpc) is 3.27. The van der Waals surface area contributed by atoms with Crippen molar-refractivity contribution < 1.29 is 9.53 Å². The Kier molecular flexibility index (Phi) is 5.31. The summed E-state index contributed by atoms with van der Waals surface area (Å²) in [6.07, 6.45) is 7.71. The van der Waals surface area contributed by atoms with Crippen molar-refractivity contribution in [3.05, 3.63) is 77.0 Å². The Morgan fingerprint density at radius 1 is 1.29 bits per heavy atom. The highest BCUT2D eigenvalue weighted by molar-refractivity contribution is 5.87. The minimum Gasteiger partial charge on any atom is -0.466 e. The van der Waals surface area contributed by atoms with Crippen LogP contribution in [-0.4, -0.2) is 24.2 Å². The second kappa shape index (κ2) is 8.03. The quantitative estimate of drug-likeness (QED) is 0.513. The van der Waals surface area contributed by atoms with E-state index in [1.54, 1.807) is 0 Å². The van der Waals surface area contributed by atoms with Crippen molar-refractivity contribution in [3.8, 4) is 0 Å². The zero-order valence-corrected chi connectivity index (χ0v) is 16.4. The highest BCUT2D eigenvalue weighted by Gasteiger charge is 2.21. The van der Waals surface area contributed by atoms with Gasteiger partial charge < -0.3 is 14.6 Å². The van der Waals surface area contributed by atoms with Crippen molar-refractivity contribution in [2.45, 2.75) is 32.4 Å².